The molecule has 0 radical (unpaired) electrons. The molecule has 1 saturated heterocycles. The van der Waals surface area contributed by atoms with E-state index < -0.39 is 30.1 Å². The van der Waals surface area contributed by atoms with E-state index in [9.17, 15) is 27.5 Å². The summed E-state index contributed by atoms with van der Waals surface area (Å²) in [4.78, 5) is 27.2. The van der Waals surface area contributed by atoms with Crippen LogP contribution in [0, 0.1) is 6.92 Å². The fraction of sp³-hybridized carbons (Fsp3) is 0.519. The Morgan fingerprint density at radius 3 is 2.51 bits per heavy atom. The van der Waals surface area contributed by atoms with Gasteiger partial charge < -0.3 is 20.6 Å². The van der Waals surface area contributed by atoms with E-state index in [1.165, 1.54) is 25.4 Å². The third-order valence-corrected chi connectivity index (χ3v) is 7.49. The zero-order chi connectivity index (χ0) is 30.4. The van der Waals surface area contributed by atoms with E-state index >= 15 is 0 Å². The third kappa shape index (κ3) is 9.40. The zero-order valence-corrected chi connectivity index (χ0v) is 24.5. The number of likely N-dealkylation sites (tertiary alicyclic amines) is 1. The quantitative estimate of drug-likeness (QED) is 0.186. The number of carbonyl (C=O) groups is 1. The van der Waals surface area contributed by atoms with Gasteiger partial charge in [0.05, 0.1) is 30.1 Å². The molecule has 3 rings (SSSR count). The van der Waals surface area contributed by atoms with Crippen LogP contribution in [-0.4, -0.2) is 67.8 Å². The molecule has 41 heavy (non-hydrogen) atoms. The minimum Gasteiger partial charge on any atom is -0.365 e. The van der Waals surface area contributed by atoms with Gasteiger partial charge in [0.2, 0.25) is 0 Å². The van der Waals surface area contributed by atoms with E-state index in [0.29, 0.717) is 53.6 Å². The number of carbonyl (C=O) groups excluding carboxylic acids is 1. The zero-order valence-electron chi connectivity index (χ0n) is 23.6. The Kier molecular flexibility index (Phi) is 10.7. The first-order valence-corrected chi connectivity index (χ1v) is 13.9. The Labute approximate surface area is 240 Å². The molecule has 14 heteroatoms. The number of aliphatic hydroxyl groups is 1. The van der Waals surface area contributed by atoms with Gasteiger partial charge in [0.25, 0.3) is 5.91 Å². The molecule has 9 nitrogen and oxygen atoms in total. The van der Waals surface area contributed by atoms with Gasteiger partial charge in [0, 0.05) is 31.4 Å². The van der Waals surface area contributed by atoms with Crippen LogP contribution in [0.2, 0.25) is 0 Å². The summed E-state index contributed by atoms with van der Waals surface area (Å²) in [6.45, 7) is 9.05. The average Bonchev–Trinajstić information content (AvgIpc) is 3.27. The number of hydrogen-bond acceptors (Lipinski definition) is 9. The lowest BCUT2D eigenvalue weighted by atomic mass is 10.0. The maximum absolute atomic E-state index is 14.2. The maximum atomic E-state index is 14.2. The Balaban J connectivity index is 1.63. The number of nitrogens with one attached hydrogen (secondary N) is 2. The maximum Gasteiger partial charge on any atom is 0.390 e. The van der Waals surface area contributed by atoms with Crippen molar-refractivity contribution < 1.29 is 27.5 Å². The highest BCUT2D eigenvalue weighted by Crippen LogP contribution is 2.37. The molecule has 3 N–H and O–H groups in total. The fourth-order valence-electron chi connectivity index (χ4n) is 4.35. The number of rotatable bonds is 10. The summed E-state index contributed by atoms with van der Waals surface area (Å²) in [6.07, 6.45) is 1.62. The van der Waals surface area contributed by atoms with Gasteiger partial charge in [0.15, 0.2) is 5.72 Å². The highest BCUT2D eigenvalue weighted by Gasteiger charge is 2.31. The van der Waals surface area contributed by atoms with E-state index in [-0.39, 0.29) is 24.0 Å². The Bertz CT molecular complexity index is 1300. The van der Waals surface area contributed by atoms with Gasteiger partial charge in [-0.25, -0.2) is 14.4 Å². The largest absolute Gasteiger partial charge is 0.390 e. The average molecular weight is 598 g/mol. The number of piperidine rings is 1. The minimum absolute atomic E-state index is 0.0433. The first-order valence-electron chi connectivity index (χ1n) is 13.1. The molecular formula is C27H35F4N7O2S. The van der Waals surface area contributed by atoms with E-state index in [0.717, 1.165) is 11.5 Å². The molecule has 2 aromatic heterocycles. The number of aliphatic imine (C=N–C) groups is 1. The molecule has 0 bridgehead atoms. The van der Waals surface area contributed by atoms with Crippen molar-refractivity contribution in [2.45, 2.75) is 71.8 Å². The standard InChI is InChI=1S/C27H35F4N7O2S/c1-6-16(2)20(28)13-17(3)36-26(5,40)23-18(4)37-41-25(23)35-22-15-32-21(14-33-22)24(39)34-19-7-10-38(11-8-19)12-9-27(29,30)31/h6,13-15,19,40H,7-12H2,1-5H3,(H,33,35)(H,34,39)/b16-6?,20-13+,36-17?. The van der Waals surface area contributed by atoms with E-state index in [2.05, 4.69) is 30.0 Å². The minimum atomic E-state index is -4.18. The number of amides is 1. The van der Waals surface area contributed by atoms with Gasteiger partial charge in [-0.2, -0.15) is 17.5 Å². The van der Waals surface area contributed by atoms with Crippen LogP contribution in [0.25, 0.3) is 0 Å². The van der Waals surface area contributed by atoms with E-state index in [1.54, 1.807) is 38.7 Å². The first-order chi connectivity index (χ1) is 19.2. The monoisotopic (exact) mass is 597 g/mol. The second kappa shape index (κ2) is 13.6. The van der Waals surface area contributed by atoms with Crippen molar-refractivity contribution in [3.8, 4) is 0 Å². The summed E-state index contributed by atoms with van der Waals surface area (Å²) in [5.74, 6) is -0.572. The van der Waals surface area contributed by atoms with Crippen molar-refractivity contribution in [3.05, 3.63) is 52.9 Å². The molecule has 1 unspecified atom stereocenters. The number of aromatic nitrogens is 3. The number of anilines is 2. The number of allylic oxidation sites excluding steroid dienone is 4. The van der Waals surface area contributed by atoms with Crippen LogP contribution in [0.3, 0.4) is 0 Å². The van der Waals surface area contributed by atoms with E-state index in [4.69, 9.17) is 0 Å². The molecule has 1 amide bonds. The predicted octanol–water partition coefficient (Wildman–Crippen LogP) is 5.58. The van der Waals surface area contributed by atoms with Crippen LogP contribution < -0.4 is 10.6 Å². The SMILES string of the molecule is CC=C(C)/C(F)=C\C(C)=NC(C)(O)c1c(C)nsc1Nc1cnc(C(=O)NC2CCN(CCC(F)(F)F)CC2)cn1. The molecule has 2 aromatic rings. The molecule has 224 valence electrons. The number of nitrogens with zero attached hydrogens (tertiary/aromatic N) is 5. The van der Waals surface area contributed by atoms with Gasteiger partial charge in [0.1, 0.15) is 22.3 Å². The summed E-state index contributed by atoms with van der Waals surface area (Å²) in [6, 6.07) is -0.163. The first kappa shape index (κ1) is 32.3. The van der Waals surface area contributed by atoms with Crippen molar-refractivity contribution in [1.82, 2.24) is 24.6 Å². The topological polar surface area (TPSA) is 116 Å². The lowest BCUT2D eigenvalue weighted by Crippen LogP contribution is -2.45. The molecule has 0 aromatic carbocycles. The third-order valence-electron chi connectivity index (χ3n) is 6.64. The Hall–Kier alpha value is -3.23. The van der Waals surface area contributed by atoms with Crippen LogP contribution in [0.5, 0.6) is 0 Å². The second-order valence-electron chi connectivity index (χ2n) is 10.1. The predicted molar refractivity (Wildman–Crippen MR) is 151 cm³/mol. The summed E-state index contributed by atoms with van der Waals surface area (Å²) in [5, 5.41) is 17.6. The summed E-state index contributed by atoms with van der Waals surface area (Å²) in [5.41, 5.74) is 0.0290. The molecule has 1 aliphatic rings. The fourth-order valence-corrected chi connectivity index (χ4v) is 5.25. The Morgan fingerprint density at radius 2 is 1.93 bits per heavy atom. The number of alkyl halides is 3. The van der Waals surface area contributed by atoms with E-state index in [1.807, 2.05) is 0 Å². The highest BCUT2D eigenvalue weighted by atomic mass is 32.1. The van der Waals surface area contributed by atoms with Gasteiger partial charge in [-0.3, -0.25) is 9.79 Å². The lowest BCUT2D eigenvalue weighted by Gasteiger charge is -2.32. The molecule has 3 heterocycles. The molecule has 1 aliphatic heterocycles. The number of hydrogen-bond donors (Lipinski definition) is 3. The van der Waals surface area contributed by atoms with Crippen molar-refractivity contribution in [2.24, 2.45) is 4.99 Å². The van der Waals surface area contributed by atoms with Crippen LogP contribution in [0.4, 0.5) is 28.4 Å². The van der Waals surface area contributed by atoms with Crippen molar-refractivity contribution in [3.63, 3.8) is 0 Å². The lowest BCUT2D eigenvalue weighted by molar-refractivity contribution is -0.138. The molecule has 0 spiro atoms. The van der Waals surface area contributed by atoms with Crippen LogP contribution in [0.1, 0.15) is 68.7 Å². The van der Waals surface area contributed by atoms with Gasteiger partial charge >= 0.3 is 6.18 Å². The van der Waals surface area contributed by atoms with Crippen LogP contribution >= 0.6 is 11.5 Å². The molecular weight excluding hydrogens is 562 g/mol. The van der Waals surface area contributed by atoms with Gasteiger partial charge in [-0.15, -0.1) is 0 Å². The normalized spacial score (nSPS) is 17.9. The summed E-state index contributed by atoms with van der Waals surface area (Å²) >= 11 is 1.08. The van der Waals surface area contributed by atoms with Crippen LogP contribution in [0.15, 0.2) is 40.9 Å². The summed E-state index contributed by atoms with van der Waals surface area (Å²) in [7, 11) is 0. The highest BCUT2D eigenvalue weighted by molar-refractivity contribution is 7.10. The molecule has 1 atom stereocenters. The smallest absolute Gasteiger partial charge is 0.365 e. The summed E-state index contributed by atoms with van der Waals surface area (Å²) < 4.78 is 55.9. The molecule has 0 aliphatic carbocycles. The van der Waals surface area contributed by atoms with Crippen LogP contribution in [-0.2, 0) is 5.72 Å². The number of aryl methyl sites for hydroxylation is 1. The molecule has 1 fully saturated rings. The van der Waals surface area contributed by atoms with Gasteiger partial charge in [-0.1, -0.05) is 6.08 Å². The number of halogens is 4. The van der Waals surface area contributed by atoms with Crippen molar-refractivity contribution in [1.29, 1.82) is 0 Å². The Morgan fingerprint density at radius 1 is 1.24 bits per heavy atom. The van der Waals surface area contributed by atoms with Gasteiger partial charge in [-0.05, 0) is 70.6 Å². The van der Waals surface area contributed by atoms with Crippen molar-refractivity contribution in [2.75, 3.05) is 25.0 Å². The second-order valence-corrected chi connectivity index (χ2v) is 10.8. The molecule has 0 saturated carbocycles. The van der Waals surface area contributed by atoms with Crippen molar-refractivity contribution >= 4 is 34.0 Å².